The minimum atomic E-state index is -0.539. The number of fused-ring (bicyclic) bond motifs is 1. The van der Waals surface area contributed by atoms with E-state index in [2.05, 4.69) is 9.97 Å². The minimum absolute atomic E-state index is 0.0114. The van der Waals surface area contributed by atoms with Crippen molar-refractivity contribution in [3.05, 3.63) is 41.3 Å². The summed E-state index contributed by atoms with van der Waals surface area (Å²) in [7, 11) is 2.92. The number of para-hydroxylation sites is 1. The Bertz CT molecular complexity index is 863. The molecular weight excluding hydrogens is 324 g/mol. The second kappa shape index (κ2) is 5.90. The molecule has 0 fully saturated rings. The Balaban J connectivity index is 2.24. The first-order chi connectivity index (χ1) is 10.6. The predicted molar refractivity (Wildman–Crippen MR) is 85.8 cm³/mol. The van der Waals surface area contributed by atoms with Gasteiger partial charge in [0.15, 0.2) is 5.69 Å². The Labute approximate surface area is 135 Å². The molecule has 0 aliphatic rings. The van der Waals surface area contributed by atoms with Crippen LogP contribution >= 0.6 is 22.9 Å². The van der Waals surface area contributed by atoms with Gasteiger partial charge in [-0.15, -0.1) is 11.3 Å². The monoisotopic (exact) mass is 334 g/mol. The van der Waals surface area contributed by atoms with Crippen LogP contribution in [0.25, 0.3) is 20.7 Å². The highest BCUT2D eigenvalue weighted by atomic mass is 35.5. The SMILES string of the molecule is COC(=O)c1nc(Cl)nc2cc(-c3ccccc3OC)sc12. The number of hydrogen-bond donors (Lipinski definition) is 0. The Morgan fingerprint density at radius 3 is 2.73 bits per heavy atom. The Hall–Kier alpha value is -2.18. The van der Waals surface area contributed by atoms with Crippen LogP contribution < -0.4 is 4.74 Å². The quantitative estimate of drug-likeness (QED) is 0.538. The molecular formula is C15H11ClN2O3S. The Morgan fingerprint density at radius 2 is 2.00 bits per heavy atom. The average molecular weight is 335 g/mol. The maximum Gasteiger partial charge on any atom is 0.358 e. The maximum atomic E-state index is 11.9. The lowest BCUT2D eigenvalue weighted by atomic mass is 10.1. The van der Waals surface area contributed by atoms with Crippen molar-refractivity contribution in [1.82, 2.24) is 9.97 Å². The van der Waals surface area contributed by atoms with Crippen molar-refractivity contribution in [2.75, 3.05) is 14.2 Å². The third kappa shape index (κ3) is 2.51. The lowest BCUT2D eigenvalue weighted by Crippen LogP contribution is -2.05. The third-order valence-corrected chi connectivity index (χ3v) is 4.43. The number of benzene rings is 1. The summed E-state index contributed by atoms with van der Waals surface area (Å²) in [5.74, 6) is 0.204. The summed E-state index contributed by atoms with van der Waals surface area (Å²) >= 11 is 7.28. The normalized spacial score (nSPS) is 10.7. The summed E-state index contributed by atoms with van der Waals surface area (Å²) in [6.45, 7) is 0. The van der Waals surface area contributed by atoms with Gasteiger partial charge in [0, 0.05) is 10.4 Å². The van der Waals surface area contributed by atoms with Gasteiger partial charge in [-0.3, -0.25) is 0 Å². The standard InChI is InChI=1S/C15H11ClN2O3S/c1-20-10-6-4-3-5-8(10)11-7-9-13(22-11)12(14(19)21-2)18-15(16)17-9/h3-7H,1-2H3. The number of nitrogens with zero attached hydrogens (tertiary/aromatic N) is 2. The van der Waals surface area contributed by atoms with Gasteiger partial charge >= 0.3 is 5.97 Å². The molecule has 0 radical (unpaired) electrons. The van der Waals surface area contributed by atoms with E-state index in [1.54, 1.807) is 7.11 Å². The van der Waals surface area contributed by atoms with Crippen molar-refractivity contribution in [2.45, 2.75) is 0 Å². The molecule has 3 rings (SSSR count). The van der Waals surface area contributed by atoms with E-state index in [-0.39, 0.29) is 11.0 Å². The molecule has 2 heterocycles. The summed E-state index contributed by atoms with van der Waals surface area (Å²) in [6, 6.07) is 9.49. The zero-order valence-electron chi connectivity index (χ0n) is 11.8. The summed E-state index contributed by atoms with van der Waals surface area (Å²) in [4.78, 5) is 20.9. The molecule has 0 aliphatic heterocycles. The molecule has 1 aromatic carbocycles. The molecule has 0 atom stereocenters. The fourth-order valence-corrected chi connectivity index (χ4v) is 3.40. The third-order valence-electron chi connectivity index (χ3n) is 3.10. The molecule has 0 amide bonds. The molecule has 0 spiro atoms. The number of aromatic nitrogens is 2. The van der Waals surface area contributed by atoms with Crippen LogP contribution in [0.1, 0.15) is 10.5 Å². The molecule has 0 unspecified atom stereocenters. The lowest BCUT2D eigenvalue weighted by Gasteiger charge is -2.05. The molecule has 0 bridgehead atoms. The average Bonchev–Trinajstić information content (AvgIpc) is 2.96. The van der Waals surface area contributed by atoms with Gasteiger partial charge in [0.1, 0.15) is 5.75 Å². The zero-order valence-corrected chi connectivity index (χ0v) is 13.4. The van der Waals surface area contributed by atoms with Crippen molar-refractivity contribution in [2.24, 2.45) is 0 Å². The molecule has 0 aliphatic carbocycles. The smallest absolute Gasteiger partial charge is 0.358 e. The van der Waals surface area contributed by atoms with Gasteiger partial charge < -0.3 is 9.47 Å². The first-order valence-corrected chi connectivity index (χ1v) is 7.52. The highest BCUT2D eigenvalue weighted by Crippen LogP contribution is 2.38. The number of hydrogen-bond acceptors (Lipinski definition) is 6. The van der Waals surface area contributed by atoms with E-state index in [0.29, 0.717) is 10.2 Å². The van der Waals surface area contributed by atoms with E-state index in [9.17, 15) is 4.79 Å². The van der Waals surface area contributed by atoms with Gasteiger partial charge in [0.25, 0.3) is 0 Å². The zero-order chi connectivity index (χ0) is 15.7. The van der Waals surface area contributed by atoms with Gasteiger partial charge in [0.2, 0.25) is 5.28 Å². The van der Waals surface area contributed by atoms with Gasteiger partial charge in [-0.25, -0.2) is 14.8 Å². The van der Waals surface area contributed by atoms with Crippen LogP contribution in [0.5, 0.6) is 5.75 Å². The molecule has 0 saturated heterocycles. The predicted octanol–water partition coefficient (Wildman–Crippen LogP) is 3.81. The topological polar surface area (TPSA) is 61.3 Å². The van der Waals surface area contributed by atoms with Gasteiger partial charge in [-0.05, 0) is 29.8 Å². The highest BCUT2D eigenvalue weighted by Gasteiger charge is 2.19. The molecule has 2 aromatic heterocycles. The summed E-state index contributed by atoms with van der Waals surface area (Å²) in [6.07, 6.45) is 0. The van der Waals surface area contributed by atoms with Crippen molar-refractivity contribution in [3.8, 4) is 16.2 Å². The number of esters is 1. The van der Waals surface area contributed by atoms with Crippen LogP contribution in [0.2, 0.25) is 5.28 Å². The number of ether oxygens (including phenoxy) is 2. The van der Waals surface area contributed by atoms with E-state index in [1.807, 2.05) is 30.3 Å². The van der Waals surface area contributed by atoms with Crippen LogP contribution in [0.15, 0.2) is 30.3 Å². The first-order valence-electron chi connectivity index (χ1n) is 6.33. The van der Waals surface area contributed by atoms with Crippen molar-refractivity contribution < 1.29 is 14.3 Å². The molecule has 5 nitrogen and oxygen atoms in total. The number of thiophene rings is 1. The number of rotatable bonds is 3. The van der Waals surface area contributed by atoms with E-state index >= 15 is 0 Å². The summed E-state index contributed by atoms with van der Waals surface area (Å²) in [5.41, 5.74) is 1.69. The Kier molecular flexibility index (Phi) is 3.96. The largest absolute Gasteiger partial charge is 0.496 e. The second-order valence-corrected chi connectivity index (χ2v) is 5.75. The number of halogens is 1. The minimum Gasteiger partial charge on any atom is -0.496 e. The molecule has 3 aromatic rings. The summed E-state index contributed by atoms with van der Waals surface area (Å²) < 4.78 is 10.8. The molecule has 22 heavy (non-hydrogen) atoms. The molecule has 112 valence electrons. The van der Waals surface area contributed by atoms with Crippen molar-refractivity contribution in [3.63, 3.8) is 0 Å². The first kappa shape index (κ1) is 14.7. The van der Waals surface area contributed by atoms with Crippen LogP contribution in [0.4, 0.5) is 0 Å². The highest BCUT2D eigenvalue weighted by molar-refractivity contribution is 7.22. The van der Waals surface area contributed by atoms with Gasteiger partial charge in [-0.1, -0.05) is 12.1 Å². The molecule has 0 N–H and O–H groups in total. The van der Waals surface area contributed by atoms with Gasteiger partial charge in [-0.2, -0.15) is 0 Å². The van der Waals surface area contributed by atoms with Crippen LogP contribution in [-0.2, 0) is 4.74 Å². The van der Waals surface area contributed by atoms with Crippen LogP contribution in [0, 0.1) is 0 Å². The van der Waals surface area contributed by atoms with E-state index in [4.69, 9.17) is 21.1 Å². The van der Waals surface area contributed by atoms with Crippen molar-refractivity contribution in [1.29, 1.82) is 0 Å². The van der Waals surface area contributed by atoms with E-state index in [0.717, 1.165) is 16.2 Å². The second-order valence-electron chi connectivity index (χ2n) is 4.36. The van der Waals surface area contributed by atoms with Crippen molar-refractivity contribution >= 4 is 39.1 Å². The van der Waals surface area contributed by atoms with Crippen LogP contribution in [-0.4, -0.2) is 30.2 Å². The molecule has 7 heteroatoms. The summed E-state index contributed by atoms with van der Waals surface area (Å²) in [5, 5.41) is 0.0114. The van der Waals surface area contributed by atoms with E-state index in [1.165, 1.54) is 18.4 Å². The fourth-order valence-electron chi connectivity index (χ4n) is 2.12. The maximum absolute atomic E-state index is 11.9. The number of carbonyl (C=O) groups excluding carboxylic acids is 1. The lowest BCUT2D eigenvalue weighted by molar-refractivity contribution is 0.0596. The van der Waals surface area contributed by atoms with E-state index < -0.39 is 5.97 Å². The fraction of sp³-hybridized carbons (Fsp3) is 0.133. The number of carbonyl (C=O) groups is 1. The van der Waals surface area contributed by atoms with Gasteiger partial charge in [0.05, 0.1) is 24.4 Å². The Morgan fingerprint density at radius 1 is 1.23 bits per heavy atom. The number of methoxy groups -OCH3 is 2. The van der Waals surface area contributed by atoms with Crippen LogP contribution in [0.3, 0.4) is 0 Å². The molecule has 0 saturated carbocycles.